The number of aromatic nitrogens is 2. The van der Waals surface area contributed by atoms with Crippen LogP contribution in [-0.4, -0.2) is 29.9 Å². The van der Waals surface area contributed by atoms with Gasteiger partial charge in [0.15, 0.2) is 0 Å². The maximum absolute atomic E-state index is 12.7. The molecule has 1 heterocycles. The second kappa shape index (κ2) is 8.14. The molecule has 0 radical (unpaired) electrons. The number of ether oxygens (including phenoxy) is 2. The third-order valence-corrected chi connectivity index (χ3v) is 4.64. The highest BCUT2D eigenvalue weighted by molar-refractivity contribution is 6.31. The molecule has 1 amide bonds. The number of nitrogens with zero attached hydrogens (tertiary/aromatic N) is 2. The lowest BCUT2D eigenvalue weighted by molar-refractivity contribution is 0.0950. The number of hydrogen-bond donors (Lipinski definition) is 1. The molecule has 2 aromatic carbocycles. The van der Waals surface area contributed by atoms with E-state index in [4.69, 9.17) is 21.1 Å². The zero-order valence-corrected chi connectivity index (χ0v) is 16.1. The molecule has 1 N–H and O–H groups in total. The molecule has 0 aliphatic heterocycles. The molecular formula is C20H20ClN3O3. The van der Waals surface area contributed by atoms with Crippen molar-refractivity contribution < 1.29 is 14.3 Å². The van der Waals surface area contributed by atoms with Crippen molar-refractivity contribution >= 4 is 17.5 Å². The van der Waals surface area contributed by atoms with E-state index < -0.39 is 0 Å². The first kappa shape index (κ1) is 18.8. The summed E-state index contributed by atoms with van der Waals surface area (Å²) in [7, 11) is 3.17. The van der Waals surface area contributed by atoms with Crippen molar-refractivity contribution in [2.24, 2.45) is 0 Å². The number of para-hydroxylation sites is 2. The number of halogens is 1. The van der Waals surface area contributed by atoms with Crippen LogP contribution >= 0.6 is 11.6 Å². The predicted molar refractivity (Wildman–Crippen MR) is 104 cm³/mol. The Morgan fingerprint density at radius 2 is 1.81 bits per heavy atom. The van der Waals surface area contributed by atoms with Crippen molar-refractivity contribution in [3.05, 3.63) is 70.5 Å². The lowest BCUT2D eigenvalue weighted by Crippen LogP contribution is -2.23. The summed E-state index contributed by atoms with van der Waals surface area (Å²) in [5, 5.41) is 7.76. The molecule has 7 heteroatoms. The average molecular weight is 386 g/mol. The van der Waals surface area contributed by atoms with E-state index in [9.17, 15) is 4.79 Å². The van der Waals surface area contributed by atoms with E-state index in [1.165, 1.54) is 0 Å². The van der Waals surface area contributed by atoms with Crippen LogP contribution in [0.1, 0.15) is 21.6 Å². The van der Waals surface area contributed by atoms with E-state index in [1.54, 1.807) is 43.3 Å². The molecule has 3 rings (SSSR count). The van der Waals surface area contributed by atoms with E-state index in [0.717, 1.165) is 11.3 Å². The maximum atomic E-state index is 12.7. The van der Waals surface area contributed by atoms with Crippen molar-refractivity contribution in [1.29, 1.82) is 0 Å². The topological polar surface area (TPSA) is 65.4 Å². The SMILES string of the molecule is COc1ccccc1-n1ncc(C(=O)NCc2c(Cl)cccc2OC)c1C. The number of hydrogen-bond acceptors (Lipinski definition) is 4. The van der Waals surface area contributed by atoms with Gasteiger partial charge in [0.2, 0.25) is 0 Å². The van der Waals surface area contributed by atoms with Crippen LogP contribution in [-0.2, 0) is 6.54 Å². The summed E-state index contributed by atoms with van der Waals surface area (Å²) in [6.45, 7) is 2.09. The summed E-state index contributed by atoms with van der Waals surface area (Å²) in [6.07, 6.45) is 1.54. The van der Waals surface area contributed by atoms with Crippen LogP contribution in [0.4, 0.5) is 0 Å². The number of methoxy groups -OCH3 is 2. The Hall–Kier alpha value is -2.99. The van der Waals surface area contributed by atoms with Gasteiger partial charge in [-0.3, -0.25) is 4.79 Å². The molecular weight excluding hydrogens is 366 g/mol. The van der Waals surface area contributed by atoms with E-state index >= 15 is 0 Å². The molecule has 0 saturated heterocycles. The Bertz CT molecular complexity index is 969. The highest BCUT2D eigenvalue weighted by atomic mass is 35.5. The quantitative estimate of drug-likeness (QED) is 0.701. The fourth-order valence-corrected chi connectivity index (χ4v) is 3.08. The van der Waals surface area contributed by atoms with Gasteiger partial charge in [-0.15, -0.1) is 0 Å². The minimum Gasteiger partial charge on any atom is -0.496 e. The number of rotatable bonds is 6. The molecule has 3 aromatic rings. The molecule has 0 saturated carbocycles. The van der Waals surface area contributed by atoms with E-state index in [-0.39, 0.29) is 12.5 Å². The van der Waals surface area contributed by atoms with E-state index in [1.807, 2.05) is 31.2 Å². The standard InChI is InChI=1S/C20H20ClN3O3/c1-13-14(12-23-24(13)17-8-4-5-9-19(17)27-3)20(25)22-11-15-16(21)7-6-10-18(15)26-2/h4-10,12H,11H2,1-3H3,(H,22,25). The van der Waals surface area contributed by atoms with Crippen molar-refractivity contribution in [1.82, 2.24) is 15.1 Å². The summed E-state index contributed by atoms with van der Waals surface area (Å²) < 4.78 is 12.4. The van der Waals surface area contributed by atoms with Gasteiger partial charge in [0.25, 0.3) is 5.91 Å². The highest BCUT2D eigenvalue weighted by Crippen LogP contribution is 2.27. The normalized spacial score (nSPS) is 10.5. The summed E-state index contributed by atoms with van der Waals surface area (Å²) in [6, 6.07) is 12.9. The molecule has 1 aromatic heterocycles. The fraction of sp³-hybridized carbons (Fsp3) is 0.200. The average Bonchev–Trinajstić information content (AvgIpc) is 3.07. The molecule has 0 unspecified atom stereocenters. The third-order valence-electron chi connectivity index (χ3n) is 4.29. The Balaban J connectivity index is 1.82. The van der Waals surface area contributed by atoms with E-state index in [0.29, 0.717) is 27.8 Å². The Morgan fingerprint density at radius 1 is 1.11 bits per heavy atom. The van der Waals surface area contributed by atoms with Gasteiger partial charge in [0.1, 0.15) is 17.2 Å². The number of benzene rings is 2. The van der Waals surface area contributed by atoms with E-state index in [2.05, 4.69) is 10.4 Å². The molecule has 0 fully saturated rings. The second-order valence-corrected chi connectivity index (χ2v) is 6.24. The van der Waals surface area contributed by atoms with Crippen molar-refractivity contribution in [3.63, 3.8) is 0 Å². The van der Waals surface area contributed by atoms with Crippen LogP contribution in [0.3, 0.4) is 0 Å². The Labute approximate surface area is 162 Å². The van der Waals surface area contributed by atoms with Gasteiger partial charge in [-0.2, -0.15) is 5.10 Å². The summed E-state index contributed by atoms with van der Waals surface area (Å²) in [5.74, 6) is 1.07. The molecule has 0 spiro atoms. The number of carbonyl (C=O) groups is 1. The largest absolute Gasteiger partial charge is 0.496 e. The third kappa shape index (κ3) is 3.75. The van der Waals surface area contributed by atoms with Crippen LogP contribution in [0.5, 0.6) is 11.5 Å². The molecule has 0 atom stereocenters. The van der Waals surface area contributed by atoms with Crippen molar-refractivity contribution in [3.8, 4) is 17.2 Å². The van der Waals surface area contributed by atoms with Crippen molar-refractivity contribution in [2.45, 2.75) is 13.5 Å². The first-order valence-electron chi connectivity index (χ1n) is 8.34. The van der Waals surface area contributed by atoms with Crippen LogP contribution < -0.4 is 14.8 Å². The lowest BCUT2D eigenvalue weighted by Gasteiger charge is -2.12. The zero-order chi connectivity index (χ0) is 19.4. The summed E-state index contributed by atoms with van der Waals surface area (Å²) in [4.78, 5) is 12.7. The van der Waals surface area contributed by atoms with Crippen LogP contribution in [0.25, 0.3) is 5.69 Å². The maximum Gasteiger partial charge on any atom is 0.255 e. The minimum absolute atomic E-state index is 0.240. The number of amides is 1. The monoisotopic (exact) mass is 385 g/mol. The molecule has 0 bridgehead atoms. The highest BCUT2D eigenvalue weighted by Gasteiger charge is 2.18. The Morgan fingerprint density at radius 3 is 2.56 bits per heavy atom. The fourth-order valence-electron chi connectivity index (χ4n) is 2.85. The van der Waals surface area contributed by atoms with Crippen LogP contribution in [0.2, 0.25) is 5.02 Å². The van der Waals surface area contributed by atoms with Crippen molar-refractivity contribution in [2.75, 3.05) is 14.2 Å². The minimum atomic E-state index is -0.240. The van der Waals surface area contributed by atoms with Gasteiger partial charge < -0.3 is 14.8 Å². The second-order valence-electron chi connectivity index (χ2n) is 5.83. The number of nitrogens with one attached hydrogen (secondary N) is 1. The van der Waals surface area contributed by atoms with Crippen LogP contribution in [0.15, 0.2) is 48.7 Å². The van der Waals surface area contributed by atoms with Gasteiger partial charge in [0.05, 0.1) is 31.7 Å². The first-order valence-corrected chi connectivity index (χ1v) is 8.72. The summed E-state index contributed by atoms with van der Waals surface area (Å²) >= 11 is 6.22. The smallest absolute Gasteiger partial charge is 0.255 e. The Kier molecular flexibility index (Phi) is 5.66. The lowest BCUT2D eigenvalue weighted by atomic mass is 10.2. The predicted octanol–water partition coefficient (Wildman–Crippen LogP) is 3.78. The molecule has 140 valence electrons. The zero-order valence-electron chi connectivity index (χ0n) is 15.3. The molecule has 0 aliphatic carbocycles. The van der Waals surface area contributed by atoms with Gasteiger partial charge >= 0.3 is 0 Å². The first-order chi connectivity index (χ1) is 13.1. The van der Waals surface area contributed by atoms with Crippen LogP contribution in [0, 0.1) is 6.92 Å². The van der Waals surface area contributed by atoms with Gasteiger partial charge in [0, 0.05) is 17.1 Å². The number of carbonyl (C=O) groups excluding carboxylic acids is 1. The summed E-state index contributed by atoms with van der Waals surface area (Å²) in [5.41, 5.74) is 2.68. The van der Waals surface area contributed by atoms with Gasteiger partial charge in [-0.05, 0) is 31.2 Å². The molecule has 0 aliphatic rings. The molecule has 6 nitrogen and oxygen atoms in total. The van der Waals surface area contributed by atoms with Gasteiger partial charge in [-0.25, -0.2) is 4.68 Å². The molecule has 27 heavy (non-hydrogen) atoms. The van der Waals surface area contributed by atoms with Gasteiger partial charge in [-0.1, -0.05) is 29.8 Å².